The number of esters is 3. The van der Waals surface area contributed by atoms with Crippen molar-refractivity contribution in [1.29, 1.82) is 0 Å². The molecule has 0 aliphatic carbocycles. The molecular weight excluding hydrogens is 957 g/mol. The SMILES string of the molecule is CCCCCCCCCCCC(CC(=O)OCc1ccccc1)OC(=O)[C@@H](NC(=O)[C@@H](CC(C)C)NC(=O)[C@H](CC(=O)OC(C)(C)C)NC(=O)[C@@H](NC(=O)[C@@H](CC(C)C)NC(=O)[C@@H](N)CC(C)C)C(C)C)[C@@H](C)CC. The molecule has 0 heterocycles. The predicted octanol–water partition coefficient (Wildman–Crippen LogP) is 8.28. The van der Waals surface area contributed by atoms with Gasteiger partial charge in [-0.15, -0.1) is 0 Å². The number of hydrogen-bond acceptors (Lipinski definition) is 12. The number of amides is 5. The minimum absolute atomic E-state index is 0.0230. The third-order valence-electron chi connectivity index (χ3n) is 12.7. The van der Waals surface area contributed by atoms with Crippen LogP contribution in [0.3, 0.4) is 0 Å². The Kier molecular flexibility index (Phi) is 32.7. The number of carbonyl (C=O) groups excluding carboxylic acids is 8. The Labute approximate surface area is 450 Å². The lowest BCUT2D eigenvalue weighted by Gasteiger charge is -2.30. The van der Waals surface area contributed by atoms with Crippen molar-refractivity contribution in [3.8, 4) is 0 Å². The minimum atomic E-state index is -1.58. The highest BCUT2D eigenvalue weighted by atomic mass is 16.6. The first kappa shape index (κ1) is 68.0. The van der Waals surface area contributed by atoms with Crippen molar-refractivity contribution in [2.24, 2.45) is 35.3 Å². The predicted molar refractivity (Wildman–Crippen MR) is 293 cm³/mol. The van der Waals surface area contributed by atoms with Crippen LogP contribution in [0.25, 0.3) is 0 Å². The van der Waals surface area contributed by atoms with Gasteiger partial charge in [0.1, 0.15) is 48.5 Å². The summed E-state index contributed by atoms with van der Waals surface area (Å²) in [6, 6.07) is 2.19. The molecule has 0 saturated carbocycles. The van der Waals surface area contributed by atoms with Crippen LogP contribution in [-0.4, -0.2) is 95.4 Å². The van der Waals surface area contributed by atoms with Crippen molar-refractivity contribution >= 4 is 47.4 Å². The van der Waals surface area contributed by atoms with Gasteiger partial charge >= 0.3 is 17.9 Å². The van der Waals surface area contributed by atoms with Gasteiger partial charge < -0.3 is 46.5 Å². The molecule has 7 N–H and O–H groups in total. The van der Waals surface area contributed by atoms with E-state index in [4.69, 9.17) is 19.9 Å². The van der Waals surface area contributed by atoms with E-state index in [0.717, 1.165) is 37.7 Å². The van der Waals surface area contributed by atoms with Crippen molar-refractivity contribution in [2.75, 3.05) is 0 Å². The average molecular weight is 1060 g/mol. The fraction of sp³-hybridized carbons (Fsp3) is 0.759. The number of ether oxygens (including phenoxy) is 3. The Morgan fingerprint density at radius 2 is 1.03 bits per heavy atom. The summed E-state index contributed by atoms with van der Waals surface area (Å²) in [4.78, 5) is 111. The summed E-state index contributed by atoms with van der Waals surface area (Å²) >= 11 is 0. The number of rotatable bonds is 37. The summed E-state index contributed by atoms with van der Waals surface area (Å²) in [7, 11) is 0. The molecule has 1 aromatic rings. The second kappa shape index (κ2) is 36.1. The van der Waals surface area contributed by atoms with Crippen molar-refractivity contribution in [3.63, 3.8) is 0 Å². The molecule has 1 aromatic carbocycles. The molecule has 0 aliphatic rings. The van der Waals surface area contributed by atoms with Crippen LogP contribution >= 0.6 is 0 Å². The molecule has 0 saturated heterocycles. The summed E-state index contributed by atoms with van der Waals surface area (Å²) < 4.78 is 17.2. The molecule has 428 valence electrons. The van der Waals surface area contributed by atoms with Gasteiger partial charge in [-0.2, -0.15) is 0 Å². The van der Waals surface area contributed by atoms with E-state index in [0.29, 0.717) is 19.3 Å². The molecule has 5 amide bonds. The van der Waals surface area contributed by atoms with Crippen LogP contribution in [0.2, 0.25) is 0 Å². The van der Waals surface area contributed by atoms with E-state index in [-0.39, 0.29) is 43.6 Å². The molecule has 75 heavy (non-hydrogen) atoms. The number of nitrogens with two attached hydrogens (primary N) is 1. The van der Waals surface area contributed by atoms with E-state index in [9.17, 15) is 38.4 Å². The molecule has 8 atom stereocenters. The molecule has 1 rings (SSSR count). The fourth-order valence-corrected chi connectivity index (χ4v) is 8.41. The van der Waals surface area contributed by atoms with Gasteiger partial charge in [0.25, 0.3) is 0 Å². The molecule has 0 bridgehead atoms. The average Bonchev–Trinajstić information content (AvgIpc) is 3.31. The molecule has 17 nitrogen and oxygen atoms in total. The maximum atomic E-state index is 14.4. The molecular formula is C58H100N6O11. The van der Waals surface area contributed by atoms with Gasteiger partial charge in [0.05, 0.1) is 18.9 Å². The number of nitrogens with one attached hydrogen (secondary N) is 5. The Balaban J connectivity index is 3.46. The number of carbonyl (C=O) groups is 8. The summed E-state index contributed by atoms with van der Waals surface area (Å²) in [5.74, 6) is -6.56. The second-order valence-electron chi connectivity index (χ2n) is 23.1. The quantitative estimate of drug-likeness (QED) is 0.0209. The summed E-state index contributed by atoms with van der Waals surface area (Å²) in [5, 5.41) is 13.7. The Morgan fingerprint density at radius 1 is 0.547 bits per heavy atom. The third-order valence-corrected chi connectivity index (χ3v) is 12.7. The van der Waals surface area contributed by atoms with E-state index in [1.54, 1.807) is 41.5 Å². The largest absolute Gasteiger partial charge is 0.461 e. The monoisotopic (exact) mass is 1060 g/mol. The van der Waals surface area contributed by atoms with Crippen molar-refractivity contribution < 1.29 is 52.6 Å². The molecule has 0 spiro atoms. The van der Waals surface area contributed by atoms with E-state index in [2.05, 4.69) is 33.5 Å². The lowest BCUT2D eigenvalue weighted by molar-refractivity contribution is -0.160. The molecule has 0 fully saturated rings. The lowest BCUT2D eigenvalue weighted by atomic mass is 9.97. The van der Waals surface area contributed by atoms with Crippen LogP contribution in [0.4, 0.5) is 0 Å². The normalized spacial score (nSPS) is 14.9. The Hall–Kier alpha value is -5.06. The van der Waals surface area contributed by atoms with E-state index in [1.807, 2.05) is 78.8 Å². The van der Waals surface area contributed by atoms with Gasteiger partial charge in [-0.05, 0) is 88.0 Å². The highest BCUT2D eigenvalue weighted by Crippen LogP contribution is 2.20. The van der Waals surface area contributed by atoms with Crippen LogP contribution in [0.5, 0.6) is 0 Å². The standard InChI is InChI=1S/C58H100N6O11/c1-15-17-18-19-20-21-22-23-27-30-43(34-48(65)73-36-42-28-25-24-26-29-42)74-57(72)51(41(11)16-2)64-55(70)46(33-39(7)8)61-53(68)47(35-49(66)75-58(12,13)14)62-56(71)50(40(9)10)63-54(69)45(32-38(5)6)60-52(67)44(59)31-37(3)4/h24-26,28-29,37-41,43-47,50-51H,15-23,27,30-36,59H2,1-14H3,(H,60,67)(H,61,68)(H,62,71)(H,63,69)(H,64,70)/t41-,43?,44-,45+,46+,47-,50-,51-/m0/s1. The van der Waals surface area contributed by atoms with Crippen LogP contribution < -0.4 is 32.3 Å². The minimum Gasteiger partial charge on any atom is -0.461 e. The van der Waals surface area contributed by atoms with Crippen molar-refractivity contribution in [1.82, 2.24) is 26.6 Å². The van der Waals surface area contributed by atoms with Crippen LogP contribution in [0, 0.1) is 29.6 Å². The zero-order chi connectivity index (χ0) is 56.8. The number of unbranched alkanes of at least 4 members (excludes halogenated alkanes) is 8. The lowest BCUT2D eigenvalue weighted by Crippen LogP contribution is -2.61. The molecule has 17 heteroatoms. The van der Waals surface area contributed by atoms with E-state index >= 15 is 0 Å². The topological polar surface area (TPSA) is 250 Å². The van der Waals surface area contributed by atoms with E-state index < -0.39 is 114 Å². The number of hydrogen-bond donors (Lipinski definition) is 6. The van der Waals surface area contributed by atoms with Gasteiger partial charge in [0.15, 0.2) is 0 Å². The van der Waals surface area contributed by atoms with Gasteiger partial charge in [-0.1, -0.05) is 164 Å². The Morgan fingerprint density at radius 3 is 1.52 bits per heavy atom. The zero-order valence-electron chi connectivity index (χ0n) is 48.4. The summed E-state index contributed by atoms with van der Waals surface area (Å²) in [6.45, 7) is 25.6. The fourth-order valence-electron chi connectivity index (χ4n) is 8.41. The van der Waals surface area contributed by atoms with Crippen LogP contribution in [0.1, 0.15) is 205 Å². The maximum Gasteiger partial charge on any atom is 0.329 e. The smallest absolute Gasteiger partial charge is 0.329 e. The summed E-state index contributed by atoms with van der Waals surface area (Å²) in [5.41, 5.74) is 6.01. The molecule has 0 radical (unpaired) electrons. The van der Waals surface area contributed by atoms with E-state index in [1.165, 1.54) is 25.7 Å². The molecule has 0 aliphatic heterocycles. The zero-order valence-corrected chi connectivity index (χ0v) is 48.4. The Bertz CT molecular complexity index is 1890. The molecule has 1 unspecified atom stereocenters. The van der Waals surface area contributed by atoms with Crippen molar-refractivity contribution in [2.45, 2.75) is 254 Å². The van der Waals surface area contributed by atoms with Gasteiger partial charge in [0.2, 0.25) is 29.5 Å². The summed E-state index contributed by atoms with van der Waals surface area (Å²) in [6.07, 6.45) is 9.79. The first-order valence-electron chi connectivity index (χ1n) is 28.1. The third kappa shape index (κ3) is 29.7. The maximum absolute atomic E-state index is 14.4. The highest BCUT2D eigenvalue weighted by molar-refractivity contribution is 5.97. The van der Waals surface area contributed by atoms with Crippen molar-refractivity contribution in [3.05, 3.63) is 35.9 Å². The van der Waals surface area contributed by atoms with Gasteiger partial charge in [0, 0.05) is 0 Å². The second-order valence-corrected chi connectivity index (χ2v) is 23.1. The number of benzene rings is 1. The molecule has 0 aromatic heterocycles. The first-order chi connectivity index (χ1) is 35.2. The highest BCUT2D eigenvalue weighted by Gasteiger charge is 2.37. The van der Waals surface area contributed by atoms with Gasteiger partial charge in [-0.3, -0.25) is 33.6 Å². The first-order valence-corrected chi connectivity index (χ1v) is 28.1. The van der Waals surface area contributed by atoms with Crippen LogP contribution in [-0.2, 0) is 59.2 Å². The van der Waals surface area contributed by atoms with Gasteiger partial charge in [-0.25, -0.2) is 4.79 Å². The van der Waals surface area contributed by atoms with Crippen LogP contribution in [0.15, 0.2) is 30.3 Å².